The zero-order valence-corrected chi connectivity index (χ0v) is 15.5. The summed E-state index contributed by atoms with van der Waals surface area (Å²) in [5.41, 5.74) is -0.416. The zero-order chi connectivity index (χ0) is 18.7. The summed E-state index contributed by atoms with van der Waals surface area (Å²) in [6.45, 7) is 0. The Morgan fingerprint density at radius 1 is 1.32 bits per heavy atom. The molecular formula is C14H11Br2F2N3O4. The number of nitrogens with one attached hydrogen (secondary N) is 1. The third-order valence-corrected chi connectivity index (χ3v) is 5.13. The van der Waals surface area contributed by atoms with Gasteiger partial charge in [-0.1, -0.05) is 0 Å². The molecule has 1 aromatic heterocycles. The molecule has 2 rings (SSSR count). The van der Waals surface area contributed by atoms with Crippen molar-refractivity contribution in [1.29, 1.82) is 0 Å². The smallest absolute Gasteiger partial charge is 0.303 e. The fourth-order valence-corrected chi connectivity index (χ4v) is 2.83. The van der Waals surface area contributed by atoms with Gasteiger partial charge in [0.2, 0.25) is 0 Å². The monoisotopic (exact) mass is 481 g/mol. The van der Waals surface area contributed by atoms with Gasteiger partial charge < -0.3 is 15.5 Å². The largest absolute Gasteiger partial charge is 0.481 e. The minimum Gasteiger partial charge on any atom is -0.481 e. The van der Waals surface area contributed by atoms with Crippen molar-refractivity contribution in [3.05, 3.63) is 44.6 Å². The summed E-state index contributed by atoms with van der Waals surface area (Å²) in [5, 5.41) is 24.8. The van der Waals surface area contributed by atoms with Crippen LogP contribution in [0.15, 0.2) is 27.3 Å². The number of hydrogen-bond donors (Lipinski definition) is 3. The van der Waals surface area contributed by atoms with Crippen LogP contribution in [0.25, 0.3) is 0 Å². The van der Waals surface area contributed by atoms with Crippen LogP contribution in [-0.2, 0) is 4.79 Å². The molecule has 1 unspecified atom stereocenters. The number of carboxylic acids is 1. The van der Waals surface area contributed by atoms with Crippen molar-refractivity contribution in [2.24, 2.45) is 0 Å². The number of aliphatic hydroxyl groups excluding tert-OH is 1. The number of benzene rings is 1. The maximum Gasteiger partial charge on any atom is 0.303 e. The van der Waals surface area contributed by atoms with Gasteiger partial charge in [0.25, 0.3) is 5.91 Å². The molecule has 0 aliphatic carbocycles. The minimum absolute atomic E-state index is 0.129. The first-order valence-corrected chi connectivity index (χ1v) is 8.39. The molecule has 0 radical (unpaired) electrons. The van der Waals surface area contributed by atoms with Crippen LogP contribution in [0.5, 0.6) is 0 Å². The van der Waals surface area contributed by atoms with Gasteiger partial charge in [0.05, 0.1) is 10.2 Å². The van der Waals surface area contributed by atoms with E-state index in [9.17, 15) is 23.5 Å². The lowest BCUT2D eigenvalue weighted by Gasteiger charge is -2.10. The Balaban J connectivity index is 2.22. The van der Waals surface area contributed by atoms with E-state index in [1.54, 1.807) is 0 Å². The highest BCUT2D eigenvalue weighted by molar-refractivity contribution is 9.13. The van der Waals surface area contributed by atoms with Crippen LogP contribution in [0.3, 0.4) is 0 Å². The highest BCUT2D eigenvalue weighted by Gasteiger charge is 2.24. The molecule has 0 aliphatic heterocycles. The first-order valence-electron chi connectivity index (χ1n) is 6.80. The average Bonchev–Trinajstić information content (AvgIpc) is 2.84. The maximum atomic E-state index is 13.6. The van der Waals surface area contributed by atoms with Gasteiger partial charge in [-0.3, -0.25) is 9.59 Å². The van der Waals surface area contributed by atoms with Gasteiger partial charge in [0.1, 0.15) is 22.5 Å². The summed E-state index contributed by atoms with van der Waals surface area (Å²) in [6.07, 6.45) is -1.71. The number of anilines is 1. The number of nitrogens with zero attached hydrogens (tertiary/aromatic N) is 2. The number of carboxylic acid groups (broad SMARTS) is 1. The first kappa shape index (κ1) is 19.5. The summed E-state index contributed by atoms with van der Waals surface area (Å²) in [7, 11) is 0. The number of carbonyl (C=O) groups is 2. The van der Waals surface area contributed by atoms with Gasteiger partial charge >= 0.3 is 5.97 Å². The lowest BCUT2D eigenvalue weighted by Crippen LogP contribution is -2.16. The Hall–Kier alpha value is -1.85. The van der Waals surface area contributed by atoms with Crippen molar-refractivity contribution in [2.45, 2.75) is 19.1 Å². The van der Waals surface area contributed by atoms with E-state index >= 15 is 0 Å². The van der Waals surface area contributed by atoms with E-state index in [2.05, 4.69) is 42.3 Å². The van der Waals surface area contributed by atoms with Crippen LogP contribution in [0, 0.1) is 11.6 Å². The Morgan fingerprint density at radius 2 is 2.00 bits per heavy atom. The number of aromatic nitrogens is 2. The number of halogens is 4. The summed E-state index contributed by atoms with van der Waals surface area (Å²) in [5.74, 6) is -3.64. The molecule has 1 amide bonds. The molecule has 3 N–H and O–H groups in total. The van der Waals surface area contributed by atoms with Crippen molar-refractivity contribution in [2.75, 3.05) is 5.32 Å². The first-order chi connectivity index (χ1) is 11.7. The topological polar surface area (TPSA) is 104 Å². The van der Waals surface area contributed by atoms with E-state index in [-0.39, 0.29) is 33.3 Å². The quantitative estimate of drug-likeness (QED) is 0.586. The second-order valence-electron chi connectivity index (χ2n) is 4.89. The molecule has 0 fully saturated rings. The number of aliphatic hydroxyl groups is 1. The van der Waals surface area contributed by atoms with Crippen LogP contribution in [-0.4, -0.2) is 31.9 Å². The third kappa shape index (κ3) is 4.61. The van der Waals surface area contributed by atoms with E-state index < -0.39 is 29.7 Å². The molecule has 0 bridgehead atoms. The maximum absolute atomic E-state index is 13.6. The number of hydrogen-bond acceptors (Lipinski definition) is 4. The summed E-state index contributed by atoms with van der Waals surface area (Å²) in [6, 6.07) is 2.66. The molecule has 134 valence electrons. The van der Waals surface area contributed by atoms with Crippen LogP contribution in [0.2, 0.25) is 0 Å². The standard InChI is InChI=1S/C14H11Br2F2N3O4/c15-11-12(14(25)19-8-2-1-6(17)5-7(8)18)20-21(13(11)16)9(22)3-4-10(23)24/h1-2,5,9,22H,3-4H2,(H,19,25)(H,23,24). The SMILES string of the molecule is O=C(O)CCC(O)n1nc(C(=O)Nc2ccc(F)cc2F)c(Br)c1Br. The van der Waals surface area contributed by atoms with Crippen molar-refractivity contribution in [3.8, 4) is 0 Å². The Kier molecular flexibility index (Phi) is 6.25. The molecule has 11 heteroatoms. The van der Waals surface area contributed by atoms with Gasteiger partial charge in [0, 0.05) is 18.9 Å². The second-order valence-corrected chi connectivity index (χ2v) is 6.43. The fourth-order valence-electron chi connectivity index (χ4n) is 1.88. The van der Waals surface area contributed by atoms with Crippen molar-refractivity contribution in [3.63, 3.8) is 0 Å². The van der Waals surface area contributed by atoms with Gasteiger partial charge in [-0.25, -0.2) is 13.5 Å². The van der Waals surface area contributed by atoms with Crippen LogP contribution in [0.4, 0.5) is 14.5 Å². The summed E-state index contributed by atoms with van der Waals surface area (Å²) < 4.78 is 27.9. The molecule has 2 aromatic rings. The minimum atomic E-state index is -1.29. The molecule has 0 saturated carbocycles. The lowest BCUT2D eigenvalue weighted by molar-refractivity contribution is -0.138. The molecule has 1 heterocycles. The lowest BCUT2D eigenvalue weighted by atomic mass is 10.3. The van der Waals surface area contributed by atoms with Gasteiger partial charge in [0.15, 0.2) is 5.69 Å². The van der Waals surface area contributed by atoms with Gasteiger partial charge in [-0.05, 0) is 44.0 Å². The molecule has 0 saturated heterocycles. The van der Waals surface area contributed by atoms with Crippen molar-refractivity contribution in [1.82, 2.24) is 9.78 Å². The summed E-state index contributed by atoms with van der Waals surface area (Å²) in [4.78, 5) is 22.8. The number of carbonyl (C=O) groups excluding carboxylic acids is 1. The Morgan fingerprint density at radius 3 is 2.60 bits per heavy atom. The average molecular weight is 483 g/mol. The van der Waals surface area contributed by atoms with E-state index in [0.29, 0.717) is 6.07 Å². The van der Waals surface area contributed by atoms with E-state index in [4.69, 9.17) is 5.11 Å². The van der Waals surface area contributed by atoms with Crippen LogP contribution in [0.1, 0.15) is 29.6 Å². The number of aliphatic carboxylic acids is 1. The van der Waals surface area contributed by atoms with Gasteiger partial charge in [-0.2, -0.15) is 5.10 Å². The highest BCUT2D eigenvalue weighted by Crippen LogP contribution is 2.30. The molecule has 0 spiro atoms. The second kappa shape index (κ2) is 8.02. The number of amides is 1. The van der Waals surface area contributed by atoms with Crippen LogP contribution >= 0.6 is 31.9 Å². The molecular weight excluding hydrogens is 472 g/mol. The highest BCUT2D eigenvalue weighted by atomic mass is 79.9. The zero-order valence-electron chi connectivity index (χ0n) is 12.3. The van der Waals surface area contributed by atoms with E-state index in [0.717, 1.165) is 16.8 Å². The fraction of sp³-hybridized carbons (Fsp3) is 0.214. The third-order valence-electron chi connectivity index (χ3n) is 3.09. The Bertz CT molecular complexity index is 829. The van der Waals surface area contributed by atoms with E-state index in [1.807, 2.05) is 0 Å². The normalized spacial score (nSPS) is 12.0. The van der Waals surface area contributed by atoms with E-state index in [1.165, 1.54) is 0 Å². The number of rotatable bonds is 6. The molecule has 1 atom stereocenters. The molecule has 0 aliphatic rings. The predicted molar refractivity (Wildman–Crippen MR) is 90.1 cm³/mol. The van der Waals surface area contributed by atoms with Crippen molar-refractivity contribution < 1.29 is 28.6 Å². The summed E-state index contributed by atoms with van der Waals surface area (Å²) >= 11 is 6.25. The molecule has 7 nitrogen and oxygen atoms in total. The Labute approximate surface area is 156 Å². The molecule has 25 heavy (non-hydrogen) atoms. The van der Waals surface area contributed by atoms with Gasteiger partial charge in [-0.15, -0.1) is 0 Å². The van der Waals surface area contributed by atoms with Crippen LogP contribution < -0.4 is 5.32 Å². The predicted octanol–water partition coefficient (Wildman–Crippen LogP) is 3.29. The van der Waals surface area contributed by atoms with Crippen molar-refractivity contribution >= 4 is 49.4 Å². The molecule has 1 aromatic carbocycles.